The van der Waals surface area contributed by atoms with Crippen LogP contribution in [0.15, 0.2) is 65.7 Å². The normalized spacial score (nSPS) is 24.5. The van der Waals surface area contributed by atoms with Gasteiger partial charge in [-0.25, -0.2) is 24.2 Å². The van der Waals surface area contributed by atoms with Crippen molar-refractivity contribution in [3.8, 4) is 0 Å². The molecule has 6 aliphatic rings. The molecule has 2 saturated carbocycles. The number of rotatable bonds is 15. The molecular formula is C71H109ClN8O12. The van der Waals surface area contributed by atoms with Gasteiger partial charge in [-0.15, -0.1) is 12.4 Å². The number of nitrogens with zero attached hydrogens (tertiary/aromatic N) is 5. The van der Waals surface area contributed by atoms with E-state index < -0.39 is 64.5 Å². The van der Waals surface area contributed by atoms with Crippen LogP contribution in [0.2, 0.25) is 0 Å². The van der Waals surface area contributed by atoms with Crippen LogP contribution in [0.25, 0.3) is 0 Å². The van der Waals surface area contributed by atoms with E-state index >= 15 is 0 Å². The maximum absolute atomic E-state index is 14.2. The number of hydrogen-bond donors (Lipinski definition) is 3. The summed E-state index contributed by atoms with van der Waals surface area (Å²) in [6.45, 7) is 40.7. The number of imide groups is 2. The Morgan fingerprint density at radius 1 is 0.565 bits per heavy atom. The Morgan fingerprint density at radius 2 is 0.935 bits per heavy atom. The Bertz CT molecular complexity index is 3020. The molecule has 6 fully saturated rings. The third-order valence-corrected chi connectivity index (χ3v) is 19.5. The first-order valence-electron chi connectivity index (χ1n) is 31.8. The first-order valence-corrected chi connectivity index (χ1v) is 31.8. The Kier molecular flexibility index (Phi) is 24.6. The van der Waals surface area contributed by atoms with Crippen LogP contribution in [0.4, 0.5) is 4.79 Å². The number of esters is 2. The highest BCUT2D eigenvalue weighted by Gasteiger charge is 2.71. The summed E-state index contributed by atoms with van der Waals surface area (Å²) >= 11 is 0. The van der Waals surface area contributed by atoms with Gasteiger partial charge in [0.05, 0.1) is 24.7 Å². The lowest BCUT2D eigenvalue weighted by Gasteiger charge is -2.40. The molecule has 20 nitrogen and oxygen atoms in total. The summed E-state index contributed by atoms with van der Waals surface area (Å²) < 4.78 is 11.3. The van der Waals surface area contributed by atoms with Gasteiger partial charge in [0.25, 0.3) is 0 Å². The van der Waals surface area contributed by atoms with Crippen LogP contribution in [0.5, 0.6) is 0 Å². The molecule has 0 bridgehead atoms. The lowest BCUT2D eigenvalue weighted by atomic mass is 9.80. The van der Waals surface area contributed by atoms with Crippen molar-refractivity contribution in [1.82, 2.24) is 30.2 Å². The molecule has 92 heavy (non-hydrogen) atoms. The van der Waals surface area contributed by atoms with Crippen molar-refractivity contribution in [3.05, 3.63) is 71.8 Å². The molecule has 512 valence electrons. The van der Waals surface area contributed by atoms with Crippen LogP contribution in [0.3, 0.4) is 0 Å². The molecule has 21 heteroatoms. The highest BCUT2D eigenvalue weighted by Crippen LogP contribution is 2.66. The van der Waals surface area contributed by atoms with Gasteiger partial charge in [0, 0.05) is 57.2 Å². The average Bonchev–Trinajstić information content (AvgIpc) is 1.53. The third-order valence-electron chi connectivity index (χ3n) is 19.5. The highest BCUT2D eigenvalue weighted by atomic mass is 35.5. The van der Waals surface area contributed by atoms with Gasteiger partial charge >= 0.3 is 18.0 Å². The zero-order valence-corrected chi connectivity index (χ0v) is 58.6. The van der Waals surface area contributed by atoms with Crippen LogP contribution >= 0.6 is 12.4 Å². The van der Waals surface area contributed by atoms with Gasteiger partial charge in [-0.05, 0) is 66.3 Å². The summed E-state index contributed by atoms with van der Waals surface area (Å²) in [5.41, 5.74) is 5.46. The van der Waals surface area contributed by atoms with Gasteiger partial charge in [0.1, 0.15) is 31.3 Å². The second-order valence-electron chi connectivity index (χ2n) is 33.1. The molecule has 8 rings (SSSR count). The molecule has 2 aromatic carbocycles. The second-order valence-corrected chi connectivity index (χ2v) is 33.1. The summed E-state index contributed by atoms with van der Waals surface area (Å²) in [6.07, 6.45) is 2.74. The Labute approximate surface area is 553 Å². The van der Waals surface area contributed by atoms with E-state index in [1.54, 1.807) is 9.80 Å². The van der Waals surface area contributed by atoms with Gasteiger partial charge < -0.3 is 35.6 Å². The number of carbonyl (C=O) groups excluding carboxylic acids is 10. The number of ether oxygens (including phenoxy) is 2. The smallest absolute Gasteiger partial charge is 0.329 e. The number of halogens is 1. The van der Waals surface area contributed by atoms with E-state index in [4.69, 9.17) is 15.2 Å². The number of benzene rings is 2. The highest BCUT2D eigenvalue weighted by molar-refractivity contribution is 5.99. The van der Waals surface area contributed by atoms with Gasteiger partial charge in [-0.2, -0.15) is 0 Å². The van der Waals surface area contributed by atoms with E-state index in [0.29, 0.717) is 31.8 Å². The van der Waals surface area contributed by atoms with E-state index in [2.05, 4.69) is 43.3 Å². The molecule has 4 aliphatic heterocycles. The molecule has 4 saturated heterocycles. The van der Waals surface area contributed by atoms with E-state index in [1.165, 1.54) is 15.9 Å². The lowest BCUT2D eigenvalue weighted by molar-refractivity contribution is -0.158. The minimum atomic E-state index is -0.942. The van der Waals surface area contributed by atoms with Crippen molar-refractivity contribution >= 4 is 71.9 Å². The molecule has 0 spiro atoms. The van der Waals surface area contributed by atoms with Crippen LogP contribution in [-0.2, 0) is 65.8 Å². The van der Waals surface area contributed by atoms with E-state index in [0.717, 1.165) is 11.1 Å². The number of nitrogens with two attached hydrogens (primary N) is 1. The Balaban J connectivity index is 0.000000324. The second kappa shape index (κ2) is 29.0. The summed E-state index contributed by atoms with van der Waals surface area (Å²) in [6, 6.07) is 14.6. The maximum atomic E-state index is 14.2. The number of carbonyl (C=O) groups is 9. The van der Waals surface area contributed by atoms with Crippen LogP contribution in [0.1, 0.15) is 183 Å². The summed E-state index contributed by atoms with van der Waals surface area (Å²) in [7, 11) is 0. The molecule has 4 N–H and O–H groups in total. The molecule has 10 atom stereocenters. The predicted molar refractivity (Wildman–Crippen MR) is 355 cm³/mol. The average molecular weight is 1300 g/mol. The zero-order valence-electron chi connectivity index (χ0n) is 57.7. The number of amides is 8. The zero-order chi connectivity index (χ0) is 67.8. The van der Waals surface area contributed by atoms with Crippen LogP contribution < -0.4 is 16.4 Å². The minimum Gasteiger partial charge on any atom is -0.459 e. The number of isocyanates is 1. The Hall–Kier alpha value is -6.50. The monoisotopic (exact) mass is 1300 g/mol. The first kappa shape index (κ1) is 77.9. The van der Waals surface area contributed by atoms with Crippen molar-refractivity contribution in [2.45, 2.75) is 221 Å². The number of urea groups is 1. The number of nitrogens with one attached hydrogen (secondary N) is 2. The van der Waals surface area contributed by atoms with E-state index in [-0.39, 0.29) is 145 Å². The number of aliphatic imine (C=N–C) groups is 1. The molecule has 8 amide bonds. The fraction of sp³-hybridized carbons (Fsp3) is 0.690. The summed E-state index contributed by atoms with van der Waals surface area (Å²) in [4.78, 5) is 137. The molecule has 0 aromatic heterocycles. The first-order chi connectivity index (χ1) is 41.2. The van der Waals surface area contributed by atoms with Crippen molar-refractivity contribution in [2.24, 2.45) is 77.7 Å². The third kappa shape index (κ3) is 18.7. The lowest BCUT2D eigenvalue weighted by Crippen LogP contribution is -2.62. The SMILES string of the molecule is C.CC(C)(C)[C@H](N)C(=O)N1C[C@H]2[C@@H](C1C(=O)OCc1ccccc1)C2(C)C.CC1(C)CC(=O)N(C[C@@H](N=C=O)C(C)(C)C)C(=O)C1.CC1(C)CC(=O)N(C[C@@H](NC(=O)N[C@H](C(=O)N2C[C@H]3[C@@H](C2C(=O)OCc2ccccc2)C3(C)C)C(C)(C)C)C(C)(C)C)C(=O)C1.Cl. The fourth-order valence-electron chi connectivity index (χ4n) is 13.2. The largest absolute Gasteiger partial charge is 0.459 e. The molecule has 2 aromatic rings. The number of piperidine rings is 4. The van der Waals surface area contributed by atoms with Gasteiger partial charge in [-0.1, -0.05) is 207 Å². The van der Waals surface area contributed by atoms with Gasteiger partial charge in [0.15, 0.2) is 0 Å². The van der Waals surface area contributed by atoms with E-state index in [9.17, 15) is 47.9 Å². The van der Waals surface area contributed by atoms with Crippen LogP contribution in [-0.4, -0.2) is 142 Å². The topological polar surface area (TPSA) is 265 Å². The molecule has 0 radical (unpaired) electrons. The van der Waals surface area contributed by atoms with Gasteiger partial charge in [0.2, 0.25) is 41.5 Å². The molecule has 2 aliphatic carbocycles. The molecule has 2 unspecified atom stereocenters. The van der Waals surface area contributed by atoms with Crippen molar-refractivity contribution < 1.29 is 57.4 Å². The minimum absolute atomic E-state index is 0. The molecule has 4 heterocycles. The number of hydrogen-bond acceptors (Lipinski definition) is 14. The standard InChI is InChI=1S/C35H52N4O6.C21H30N2O3.C14H22N2O3.CH4.ClH/c1-32(2,3)23(19-38-24(40)16-34(7,8)17-25(38)41)36-31(44)37-28(33(4,5)6)29(42)39-18-22-26(35(22,9)10)27(39)30(43)45-20-21-14-12-11-13-15-21;1-20(2,3)17(22)18(24)23-11-14-15(21(14,4)5)16(23)19(25)26-12-13-9-7-6-8-10-13;1-13(2,3)10(15-9-17)8-16-11(18)6-14(4,5)7-12(16)19;;/h11-15,22-23,26-28H,16-20H2,1-10H3,(H2,36,37,44);6-10,14-17H,11-12,22H2,1-5H3;10H,6-8H2,1-5H3;1H4;1H/t22-,23+,26-,27?,28+;14-,15-,16?,17+;10-;;/m001../s1. The van der Waals surface area contributed by atoms with Crippen molar-refractivity contribution in [1.29, 1.82) is 0 Å². The summed E-state index contributed by atoms with van der Waals surface area (Å²) in [5.74, 6) is -1.47. The van der Waals surface area contributed by atoms with Crippen molar-refractivity contribution in [3.63, 3.8) is 0 Å². The fourth-order valence-corrected chi connectivity index (χ4v) is 13.2. The van der Waals surface area contributed by atoms with E-state index in [1.807, 2.05) is 171 Å². The molecular weight excluding hydrogens is 1190 g/mol. The van der Waals surface area contributed by atoms with Crippen LogP contribution in [0, 0.1) is 67.0 Å². The van der Waals surface area contributed by atoms with Gasteiger partial charge in [-0.3, -0.25) is 38.6 Å². The number of likely N-dealkylation sites (tertiary alicyclic amines) is 4. The predicted octanol–water partition coefficient (Wildman–Crippen LogP) is 10.1. The Morgan fingerprint density at radius 3 is 1.27 bits per heavy atom. The number of fused-ring (bicyclic) bond motifs is 2. The quantitative estimate of drug-likeness (QED) is 0.0649. The summed E-state index contributed by atoms with van der Waals surface area (Å²) in [5, 5.41) is 5.85. The maximum Gasteiger partial charge on any atom is 0.329 e. The van der Waals surface area contributed by atoms with Crippen molar-refractivity contribution in [2.75, 3.05) is 26.2 Å².